The molecule has 7 nitrogen and oxygen atoms in total. The molecule has 3 aromatic carbocycles. The number of anilines is 2. The van der Waals surface area contributed by atoms with E-state index in [1.165, 1.54) is 23.1 Å². The molecule has 0 saturated carbocycles. The molecule has 1 N–H and O–H groups in total. The van der Waals surface area contributed by atoms with Gasteiger partial charge in [-0.3, -0.25) is 9.59 Å². The van der Waals surface area contributed by atoms with Crippen molar-refractivity contribution in [3.8, 4) is 5.75 Å². The topological polar surface area (TPSA) is 84.9 Å². The highest BCUT2D eigenvalue weighted by molar-refractivity contribution is 6.07. The Morgan fingerprint density at radius 1 is 1.06 bits per heavy atom. The number of carbonyl (C=O) groups is 3. The standard InChI is InChI=1S/C25H21FN2O5/c1-2-32-25(31)18-4-3-5-20(12-18)27-24(30)17-8-11-22-21(13-17)28(23(29)15-33-22)14-16-6-9-19(26)10-7-16/h3-13H,2,14-15H2,1H3,(H,27,30). The number of amides is 2. The van der Waals surface area contributed by atoms with Gasteiger partial charge in [-0.15, -0.1) is 0 Å². The first-order chi connectivity index (χ1) is 15.9. The quantitative estimate of drug-likeness (QED) is 0.572. The summed E-state index contributed by atoms with van der Waals surface area (Å²) in [5, 5.41) is 2.75. The second kappa shape index (κ2) is 9.52. The molecule has 1 aliphatic rings. The zero-order valence-corrected chi connectivity index (χ0v) is 17.8. The number of nitrogens with zero attached hydrogens (tertiary/aromatic N) is 1. The lowest BCUT2D eigenvalue weighted by Gasteiger charge is -2.30. The summed E-state index contributed by atoms with van der Waals surface area (Å²) < 4.78 is 23.7. The van der Waals surface area contributed by atoms with Crippen LogP contribution >= 0.6 is 0 Å². The summed E-state index contributed by atoms with van der Waals surface area (Å²) in [7, 11) is 0. The summed E-state index contributed by atoms with van der Waals surface area (Å²) in [4.78, 5) is 38.9. The van der Waals surface area contributed by atoms with E-state index in [1.807, 2.05) is 0 Å². The molecule has 168 valence electrons. The summed E-state index contributed by atoms with van der Waals surface area (Å²) in [5.41, 5.74) is 2.24. The van der Waals surface area contributed by atoms with Gasteiger partial charge < -0.3 is 19.7 Å². The van der Waals surface area contributed by atoms with E-state index in [1.54, 1.807) is 55.5 Å². The van der Waals surface area contributed by atoms with Crippen LogP contribution in [0.25, 0.3) is 0 Å². The van der Waals surface area contributed by atoms with Crippen LogP contribution in [0.3, 0.4) is 0 Å². The van der Waals surface area contributed by atoms with Crippen molar-refractivity contribution in [3.63, 3.8) is 0 Å². The number of fused-ring (bicyclic) bond motifs is 1. The fourth-order valence-electron chi connectivity index (χ4n) is 3.43. The molecule has 2 amide bonds. The van der Waals surface area contributed by atoms with Gasteiger partial charge in [0, 0.05) is 11.3 Å². The van der Waals surface area contributed by atoms with Gasteiger partial charge in [0.2, 0.25) is 0 Å². The third-order valence-corrected chi connectivity index (χ3v) is 5.05. The van der Waals surface area contributed by atoms with Crippen LogP contribution in [0, 0.1) is 5.82 Å². The predicted molar refractivity (Wildman–Crippen MR) is 120 cm³/mol. The number of carbonyl (C=O) groups excluding carboxylic acids is 3. The van der Waals surface area contributed by atoms with Crippen molar-refractivity contribution in [1.29, 1.82) is 0 Å². The van der Waals surface area contributed by atoms with Crippen LogP contribution in [0.5, 0.6) is 5.75 Å². The smallest absolute Gasteiger partial charge is 0.338 e. The Labute approximate surface area is 189 Å². The Bertz CT molecular complexity index is 1210. The third kappa shape index (κ3) is 5.01. The number of rotatable bonds is 6. The molecule has 1 aliphatic heterocycles. The van der Waals surface area contributed by atoms with Gasteiger partial charge in [-0.25, -0.2) is 9.18 Å². The summed E-state index contributed by atoms with van der Waals surface area (Å²) in [6, 6.07) is 17.1. The van der Waals surface area contributed by atoms with E-state index in [2.05, 4.69) is 5.32 Å². The molecule has 0 radical (unpaired) electrons. The molecule has 0 aromatic heterocycles. The second-order valence-corrected chi connectivity index (χ2v) is 7.33. The van der Waals surface area contributed by atoms with Gasteiger partial charge in [0.15, 0.2) is 6.61 Å². The zero-order chi connectivity index (χ0) is 23.4. The molecule has 0 saturated heterocycles. The number of nitrogens with one attached hydrogen (secondary N) is 1. The van der Waals surface area contributed by atoms with Crippen molar-refractivity contribution in [2.45, 2.75) is 13.5 Å². The molecule has 3 aromatic rings. The molecular formula is C25H21FN2O5. The minimum Gasteiger partial charge on any atom is -0.482 e. The van der Waals surface area contributed by atoms with Crippen molar-refractivity contribution in [2.75, 3.05) is 23.4 Å². The Balaban J connectivity index is 1.56. The Hall–Kier alpha value is -4.20. The number of benzene rings is 3. The molecule has 0 unspecified atom stereocenters. The highest BCUT2D eigenvalue weighted by Crippen LogP contribution is 2.34. The Morgan fingerprint density at radius 3 is 2.61 bits per heavy atom. The highest BCUT2D eigenvalue weighted by Gasteiger charge is 2.27. The van der Waals surface area contributed by atoms with E-state index in [-0.39, 0.29) is 31.5 Å². The third-order valence-electron chi connectivity index (χ3n) is 5.05. The molecule has 4 rings (SSSR count). The SMILES string of the molecule is CCOC(=O)c1cccc(NC(=O)c2ccc3c(c2)N(Cc2ccc(F)cc2)C(=O)CO3)c1. The van der Waals surface area contributed by atoms with Crippen LogP contribution in [-0.4, -0.2) is 31.0 Å². The monoisotopic (exact) mass is 448 g/mol. The van der Waals surface area contributed by atoms with Gasteiger partial charge in [0.25, 0.3) is 11.8 Å². The van der Waals surface area contributed by atoms with E-state index in [0.29, 0.717) is 28.3 Å². The fourth-order valence-corrected chi connectivity index (χ4v) is 3.43. The number of hydrogen-bond donors (Lipinski definition) is 1. The maximum absolute atomic E-state index is 13.2. The molecule has 0 fully saturated rings. The van der Waals surface area contributed by atoms with Gasteiger partial charge in [-0.2, -0.15) is 0 Å². The first kappa shape index (κ1) is 22.0. The average Bonchev–Trinajstić information content (AvgIpc) is 2.82. The van der Waals surface area contributed by atoms with Crippen LogP contribution < -0.4 is 15.0 Å². The molecule has 0 atom stereocenters. The number of ether oxygens (including phenoxy) is 2. The molecule has 8 heteroatoms. The summed E-state index contributed by atoms with van der Waals surface area (Å²) >= 11 is 0. The van der Waals surface area contributed by atoms with E-state index < -0.39 is 11.9 Å². The van der Waals surface area contributed by atoms with Crippen molar-refractivity contribution >= 4 is 29.2 Å². The van der Waals surface area contributed by atoms with Gasteiger partial charge >= 0.3 is 5.97 Å². The normalized spacial score (nSPS) is 12.5. The van der Waals surface area contributed by atoms with Crippen LogP contribution in [0.2, 0.25) is 0 Å². The Kier molecular flexibility index (Phi) is 6.35. The van der Waals surface area contributed by atoms with Crippen LogP contribution in [0.1, 0.15) is 33.2 Å². The largest absolute Gasteiger partial charge is 0.482 e. The number of esters is 1. The first-order valence-corrected chi connectivity index (χ1v) is 10.3. The lowest BCUT2D eigenvalue weighted by atomic mass is 10.1. The van der Waals surface area contributed by atoms with Crippen molar-refractivity contribution in [2.24, 2.45) is 0 Å². The van der Waals surface area contributed by atoms with Crippen LogP contribution in [0.15, 0.2) is 66.7 Å². The Morgan fingerprint density at radius 2 is 1.85 bits per heavy atom. The summed E-state index contributed by atoms with van der Waals surface area (Å²) in [5.74, 6) is -1.06. The molecule has 0 aliphatic carbocycles. The molecular weight excluding hydrogens is 427 g/mol. The maximum Gasteiger partial charge on any atom is 0.338 e. The lowest BCUT2D eigenvalue weighted by Crippen LogP contribution is -2.38. The average molecular weight is 448 g/mol. The number of hydrogen-bond acceptors (Lipinski definition) is 5. The fraction of sp³-hybridized carbons (Fsp3) is 0.160. The first-order valence-electron chi connectivity index (χ1n) is 10.3. The van der Waals surface area contributed by atoms with Crippen molar-refractivity contribution in [1.82, 2.24) is 0 Å². The van der Waals surface area contributed by atoms with Gasteiger partial charge in [0.05, 0.1) is 24.4 Å². The van der Waals surface area contributed by atoms with E-state index in [4.69, 9.17) is 9.47 Å². The maximum atomic E-state index is 13.2. The second-order valence-electron chi connectivity index (χ2n) is 7.33. The zero-order valence-electron chi connectivity index (χ0n) is 17.8. The van der Waals surface area contributed by atoms with E-state index in [0.717, 1.165) is 5.56 Å². The predicted octanol–water partition coefficient (Wildman–Crippen LogP) is 4.18. The minimum absolute atomic E-state index is 0.125. The van der Waals surface area contributed by atoms with Crippen molar-refractivity contribution < 1.29 is 28.2 Å². The van der Waals surface area contributed by atoms with Gasteiger partial charge in [-0.1, -0.05) is 18.2 Å². The van der Waals surface area contributed by atoms with Crippen LogP contribution in [-0.2, 0) is 16.1 Å². The molecule has 0 bridgehead atoms. The molecule has 33 heavy (non-hydrogen) atoms. The van der Waals surface area contributed by atoms with Gasteiger partial charge in [0.1, 0.15) is 11.6 Å². The highest BCUT2D eigenvalue weighted by atomic mass is 19.1. The minimum atomic E-state index is -0.477. The number of halogens is 1. The van der Waals surface area contributed by atoms with E-state index >= 15 is 0 Å². The van der Waals surface area contributed by atoms with Crippen molar-refractivity contribution in [3.05, 3.63) is 89.2 Å². The summed E-state index contributed by atoms with van der Waals surface area (Å²) in [6.07, 6.45) is 0. The molecule has 0 spiro atoms. The van der Waals surface area contributed by atoms with Crippen LogP contribution in [0.4, 0.5) is 15.8 Å². The van der Waals surface area contributed by atoms with E-state index in [9.17, 15) is 18.8 Å². The van der Waals surface area contributed by atoms with Gasteiger partial charge in [-0.05, 0) is 61.0 Å². The lowest BCUT2D eigenvalue weighted by molar-refractivity contribution is -0.121. The summed E-state index contributed by atoms with van der Waals surface area (Å²) in [6.45, 7) is 2.05. The molecule has 1 heterocycles.